The van der Waals surface area contributed by atoms with Crippen LogP contribution in [-0.2, 0) is 14.3 Å². The largest absolute Gasteiger partial charge is 0.466 e. The molecule has 1 atom stereocenters. The predicted octanol–water partition coefficient (Wildman–Crippen LogP) is 0.540. The number of ether oxygens (including phenoxy) is 1. The molecule has 3 fully saturated rings. The lowest BCUT2D eigenvalue weighted by molar-refractivity contribution is -0.144. The smallest absolute Gasteiger partial charge is 0.306 e. The van der Waals surface area contributed by atoms with Crippen LogP contribution < -0.4 is 5.32 Å². The molecule has 1 N–H and O–H groups in total. The molecular weight excluding hydrogens is 232 g/mol. The summed E-state index contributed by atoms with van der Waals surface area (Å²) < 4.78 is 4.80. The van der Waals surface area contributed by atoms with Gasteiger partial charge in [0.2, 0.25) is 5.91 Å². The Hall–Kier alpha value is -1.10. The van der Waals surface area contributed by atoms with E-state index in [0.29, 0.717) is 12.5 Å². The molecule has 5 nitrogen and oxygen atoms in total. The summed E-state index contributed by atoms with van der Waals surface area (Å²) in [5.74, 6) is 0.310. The zero-order valence-electron chi connectivity index (χ0n) is 11.0. The van der Waals surface area contributed by atoms with Crippen molar-refractivity contribution in [3.05, 3.63) is 0 Å². The highest BCUT2D eigenvalue weighted by molar-refractivity contribution is 5.81. The average molecular weight is 254 g/mol. The maximum Gasteiger partial charge on any atom is 0.306 e. The summed E-state index contributed by atoms with van der Waals surface area (Å²) in [6.45, 7) is 5.45. The van der Waals surface area contributed by atoms with Gasteiger partial charge in [-0.1, -0.05) is 0 Å². The molecule has 0 aliphatic carbocycles. The first-order valence-corrected chi connectivity index (χ1v) is 6.86. The number of esters is 1. The molecule has 0 radical (unpaired) electrons. The highest BCUT2D eigenvalue weighted by Crippen LogP contribution is 2.27. The van der Waals surface area contributed by atoms with Crippen molar-refractivity contribution in [2.45, 2.75) is 38.6 Å². The molecule has 3 heterocycles. The zero-order valence-corrected chi connectivity index (χ0v) is 11.0. The molecule has 102 valence electrons. The molecule has 3 saturated heterocycles. The second-order valence-electron chi connectivity index (χ2n) is 5.12. The van der Waals surface area contributed by atoms with Gasteiger partial charge in [-0.2, -0.15) is 0 Å². The first kappa shape index (κ1) is 13.3. The van der Waals surface area contributed by atoms with Gasteiger partial charge in [0.25, 0.3) is 0 Å². The number of hydrogen-bond acceptors (Lipinski definition) is 4. The Morgan fingerprint density at radius 2 is 2.00 bits per heavy atom. The summed E-state index contributed by atoms with van der Waals surface area (Å²) in [5, 5.41) is 3.06. The number of nitrogens with one attached hydrogen (secondary N) is 1. The van der Waals surface area contributed by atoms with Gasteiger partial charge in [0.15, 0.2) is 0 Å². The van der Waals surface area contributed by atoms with Crippen LogP contribution in [0.2, 0.25) is 0 Å². The Kier molecular flexibility index (Phi) is 4.58. The number of piperidine rings is 3. The van der Waals surface area contributed by atoms with Crippen molar-refractivity contribution in [3.8, 4) is 0 Å². The Morgan fingerprint density at radius 1 is 1.28 bits per heavy atom. The number of nitrogens with zero attached hydrogens (tertiary/aromatic N) is 1. The molecule has 18 heavy (non-hydrogen) atoms. The van der Waals surface area contributed by atoms with E-state index < -0.39 is 0 Å². The summed E-state index contributed by atoms with van der Waals surface area (Å²) in [6, 6.07) is 0.280. The molecule has 5 heteroatoms. The lowest BCUT2D eigenvalue weighted by atomic mass is 9.84. The van der Waals surface area contributed by atoms with Gasteiger partial charge < -0.3 is 15.0 Å². The van der Waals surface area contributed by atoms with Crippen molar-refractivity contribution in [2.75, 3.05) is 26.2 Å². The van der Waals surface area contributed by atoms with Gasteiger partial charge in [-0.15, -0.1) is 0 Å². The quantitative estimate of drug-likeness (QED) is 0.728. The van der Waals surface area contributed by atoms with Crippen LogP contribution in [0.15, 0.2) is 0 Å². The number of rotatable bonds is 5. The molecule has 2 bridgehead atoms. The number of fused-ring (bicyclic) bond motifs is 3. The molecule has 3 aliphatic heterocycles. The van der Waals surface area contributed by atoms with Gasteiger partial charge in [-0.05, 0) is 38.8 Å². The van der Waals surface area contributed by atoms with Crippen LogP contribution in [0, 0.1) is 5.92 Å². The lowest BCUT2D eigenvalue weighted by Gasteiger charge is -2.44. The monoisotopic (exact) mass is 254 g/mol. The van der Waals surface area contributed by atoms with Gasteiger partial charge in [0.05, 0.1) is 13.0 Å². The number of hydrogen-bond donors (Lipinski definition) is 1. The van der Waals surface area contributed by atoms with E-state index in [1.807, 2.05) is 0 Å². The third kappa shape index (κ3) is 3.45. The van der Waals surface area contributed by atoms with Crippen molar-refractivity contribution < 1.29 is 14.3 Å². The van der Waals surface area contributed by atoms with E-state index in [4.69, 9.17) is 4.74 Å². The highest BCUT2D eigenvalue weighted by atomic mass is 16.5. The third-order valence-corrected chi connectivity index (χ3v) is 3.86. The van der Waals surface area contributed by atoms with E-state index in [9.17, 15) is 9.59 Å². The minimum Gasteiger partial charge on any atom is -0.466 e. The Labute approximate surface area is 108 Å². The van der Waals surface area contributed by atoms with Crippen molar-refractivity contribution >= 4 is 11.9 Å². The van der Waals surface area contributed by atoms with Crippen molar-refractivity contribution in [1.29, 1.82) is 0 Å². The first-order chi connectivity index (χ1) is 8.69. The van der Waals surface area contributed by atoms with Crippen LogP contribution in [0.3, 0.4) is 0 Å². The van der Waals surface area contributed by atoms with Crippen molar-refractivity contribution in [2.24, 2.45) is 5.92 Å². The maximum atomic E-state index is 11.8. The average Bonchev–Trinajstić information content (AvgIpc) is 2.38. The maximum absolute atomic E-state index is 11.8. The topological polar surface area (TPSA) is 58.6 Å². The van der Waals surface area contributed by atoms with Gasteiger partial charge in [-0.3, -0.25) is 9.59 Å². The van der Waals surface area contributed by atoms with E-state index in [1.165, 1.54) is 25.9 Å². The van der Waals surface area contributed by atoms with E-state index in [-0.39, 0.29) is 30.8 Å². The minimum absolute atomic E-state index is 0.0261. The highest BCUT2D eigenvalue weighted by Gasteiger charge is 2.34. The van der Waals surface area contributed by atoms with Crippen molar-refractivity contribution in [3.63, 3.8) is 0 Å². The van der Waals surface area contributed by atoms with Crippen LogP contribution in [0.4, 0.5) is 0 Å². The Morgan fingerprint density at radius 3 is 2.56 bits per heavy atom. The van der Waals surface area contributed by atoms with Crippen LogP contribution in [0.25, 0.3) is 0 Å². The molecule has 3 rings (SSSR count). The predicted molar refractivity (Wildman–Crippen MR) is 67.0 cm³/mol. The number of carbonyl (C=O) groups is 2. The normalized spacial score (nSPS) is 29.9. The van der Waals surface area contributed by atoms with Crippen molar-refractivity contribution in [1.82, 2.24) is 10.2 Å². The molecule has 1 amide bonds. The van der Waals surface area contributed by atoms with Crippen LogP contribution >= 0.6 is 0 Å². The van der Waals surface area contributed by atoms with Gasteiger partial charge in [0, 0.05) is 19.0 Å². The van der Waals surface area contributed by atoms with Crippen LogP contribution in [0.1, 0.15) is 32.6 Å². The minimum atomic E-state index is -0.290. The molecule has 0 aromatic rings. The summed E-state index contributed by atoms with van der Waals surface area (Å²) in [7, 11) is 0. The fraction of sp³-hybridized carbons (Fsp3) is 0.846. The van der Waals surface area contributed by atoms with E-state index >= 15 is 0 Å². The van der Waals surface area contributed by atoms with Crippen LogP contribution in [0.5, 0.6) is 0 Å². The molecule has 1 unspecified atom stereocenters. The second-order valence-corrected chi connectivity index (χ2v) is 5.12. The zero-order chi connectivity index (χ0) is 13.0. The van der Waals surface area contributed by atoms with Crippen LogP contribution in [-0.4, -0.2) is 49.1 Å². The summed E-state index contributed by atoms with van der Waals surface area (Å²) in [5.41, 5.74) is 0. The van der Waals surface area contributed by atoms with E-state index in [2.05, 4.69) is 10.2 Å². The second kappa shape index (κ2) is 6.18. The SMILES string of the molecule is CCOC(=O)CCC(=O)NC1CN2CCC1CC2. The summed E-state index contributed by atoms with van der Waals surface area (Å²) in [6.07, 6.45) is 2.79. The molecule has 0 saturated carbocycles. The van der Waals surface area contributed by atoms with Gasteiger partial charge in [0.1, 0.15) is 0 Å². The number of amides is 1. The fourth-order valence-corrected chi connectivity index (χ4v) is 2.86. The summed E-state index contributed by atoms with van der Waals surface area (Å²) in [4.78, 5) is 25.3. The standard InChI is InChI=1S/C13H22N2O3/c1-2-18-13(17)4-3-12(16)14-11-9-15-7-5-10(11)6-8-15/h10-11H,2-9H2,1H3,(H,14,16). The lowest BCUT2D eigenvalue weighted by Crippen LogP contribution is -2.57. The molecular formula is C13H22N2O3. The molecule has 3 aliphatic rings. The van der Waals surface area contributed by atoms with E-state index in [1.54, 1.807) is 6.92 Å². The number of carbonyl (C=O) groups excluding carboxylic acids is 2. The third-order valence-electron chi connectivity index (χ3n) is 3.86. The molecule has 0 spiro atoms. The first-order valence-electron chi connectivity index (χ1n) is 6.86. The van der Waals surface area contributed by atoms with E-state index in [0.717, 1.165) is 6.54 Å². The Balaban J connectivity index is 1.69. The van der Waals surface area contributed by atoms with Gasteiger partial charge in [-0.25, -0.2) is 0 Å². The fourth-order valence-electron chi connectivity index (χ4n) is 2.86. The Bertz CT molecular complexity index is 311. The summed E-state index contributed by atoms with van der Waals surface area (Å²) >= 11 is 0. The van der Waals surface area contributed by atoms with Gasteiger partial charge >= 0.3 is 5.97 Å². The molecule has 0 aromatic heterocycles. The molecule has 0 aromatic carbocycles.